The zero-order valence-corrected chi connectivity index (χ0v) is 11.4. The second kappa shape index (κ2) is 7.32. The molecule has 0 saturated heterocycles. The predicted octanol–water partition coefficient (Wildman–Crippen LogP) is 4.01. The van der Waals surface area contributed by atoms with Crippen molar-refractivity contribution in [2.45, 2.75) is 51.5 Å². The number of hydrogen-bond donors (Lipinski definition) is 1. The summed E-state index contributed by atoms with van der Waals surface area (Å²) in [5.41, 5.74) is 2.71. The molecule has 1 aliphatic carbocycles. The van der Waals surface area contributed by atoms with E-state index >= 15 is 0 Å². The number of allylic oxidation sites excluding steroid dienone is 1. The Hall–Kier alpha value is -1.15. The van der Waals surface area contributed by atoms with Crippen molar-refractivity contribution >= 4 is 0 Å². The molecule has 18 heavy (non-hydrogen) atoms. The van der Waals surface area contributed by atoms with Crippen molar-refractivity contribution in [3.63, 3.8) is 0 Å². The van der Waals surface area contributed by atoms with E-state index in [1.807, 2.05) is 12.3 Å². The van der Waals surface area contributed by atoms with Gasteiger partial charge in [-0.2, -0.15) is 0 Å². The number of nitrogens with zero attached hydrogens (tertiary/aromatic N) is 1. The average molecular weight is 244 g/mol. The Balaban J connectivity index is 2.16. The summed E-state index contributed by atoms with van der Waals surface area (Å²) in [6, 6.07) is 6.53. The highest BCUT2D eigenvalue weighted by Crippen LogP contribution is 2.28. The molecule has 1 atom stereocenters. The molecule has 0 radical (unpaired) electrons. The summed E-state index contributed by atoms with van der Waals surface area (Å²) < 4.78 is 0. The Bertz CT molecular complexity index is 370. The molecular weight excluding hydrogens is 220 g/mol. The van der Waals surface area contributed by atoms with Crippen molar-refractivity contribution in [3.05, 3.63) is 41.7 Å². The molecule has 0 amide bonds. The van der Waals surface area contributed by atoms with Gasteiger partial charge in [0.25, 0.3) is 0 Å². The highest BCUT2D eigenvalue weighted by atomic mass is 14.9. The van der Waals surface area contributed by atoms with Crippen LogP contribution in [0.5, 0.6) is 0 Å². The maximum atomic E-state index is 4.53. The number of hydrogen-bond acceptors (Lipinski definition) is 2. The van der Waals surface area contributed by atoms with Gasteiger partial charge in [-0.3, -0.25) is 4.98 Å². The lowest BCUT2D eigenvalue weighted by Crippen LogP contribution is -2.24. The molecule has 1 aromatic heterocycles. The lowest BCUT2D eigenvalue weighted by Gasteiger charge is -2.21. The van der Waals surface area contributed by atoms with Crippen LogP contribution in [0.25, 0.3) is 0 Å². The SMILES string of the molecule is CCCNC(C1=CCCCCC1)c1ccccn1. The van der Waals surface area contributed by atoms with Crippen LogP contribution in [0, 0.1) is 0 Å². The largest absolute Gasteiger partial charge is 0.305 e. The molecule has 0 aromatic carbocycles. The molecule has 0 spiro atoms. The van der Waals surface area contributed by atoms with E-state index < -0.39 is 0 Å². The quantitative estimate of drug-likeness (QED) is 0.791. The molecule has 0 saturated carbocycles. The van der Waals surface area contributed by atoms with Gasteiger partial charge < -0.3 is 5.32 Å². The van der Waals surface area contributed by atoms with Crippen LogP contribution in [-0.4, -0.2) is 11.5 Å². The van der Waals surface area contributed by atoms with Crippen LogP contribution in [0.1, 0.15) is 57.2 Å². The number of aromatic nitrogens is 1. The monoisotopic (exact) mass is 244 g/mol. The first-order chi connectivity index (χ1) is 8.92. The summed E-state index contributed by atoms with van der Waals surface area (Å²) in [5, 5.41) is 3.65. The third-order valence-electron chi connectivity index (χ3n) is 3.53. The first kappa shape index (κ1) is 13.3. The number of pyridine rings is 1. The van der Waals surface area contributed by atoms with E-state index in [4.69, 9.17) is 0 Å². The van der Waals surface area contributed by atoms with Gasteiger partial charge in [-0.15, -0.1) is 0 Å². The minimum absolute atomic E-state index is 0.323. The van der Waals surface area contributed by atoms with Crippen molar-refractivity contribution in [2.75, 3.05) is 6.54 Å². The normalized spacial score (nSPS) is 17.9. The summed E-state index contributed by atoms with van der Waals surface area (Å²) in [6.07, 6.45) is 12.0. The highest BCUT2D eigenvalue weighted by Gasteiger charge is 2.17. The summed E-state index contributed by atoms with van der Waals surface area (Å²) in [7, 11) is 0. The highest BCUT2D eigenvalue weighted by molar-refractivity contribution is 5.23. The van der Waals surface area contributed by atoms with Gasteiger partial charge in [-0.1, -0.05) is 31.1 Å². The molecule has 1 unspecified atom stereocenters. The summed E-state index contributed by atoms with van der Waals surface area (Å²) in [5.74, 6) is 0. The summed E-state index contributed by atoms with van der Waals surface area (Å²) in [6.45, 7) is 3.27. The summed E-state index contributed by atoms with van der Waals surface area (Å²) >= 11 is 0. The molecule has 2 rings (SSSR count). The first-order valence-electron chi connectivity index (χ1n) is 7.25. The van der Waals surface area contributed by atoms with Crippen molar-refractivity contribution < 1.29 is 0 Å². The molecule has 0 aliphatic heterocycles. The Morgan fingerprint density at radius 2 is 2.22 bits per heavy atom. The molecule has 1 N–H and O–H groups in total. The van der Waals surface area contributed by atoms with Gasteiger partial charge in [-0.25, -0.2) is 0 Å². The molecule has 2 nitrogen and oxygen atoms in total. The topological polar surface area (TPSA) is 24.9 Å². The maximum Gasteiger partial charge on any atom is 0.0710 e. The Morgan fingerprint density at radius 3 is 3.00 bits per heavy atom. The van der Waals surface area contributed by atoms with Crippen LogP contribution >= 0.6 is 0 Å². The van der Waals surface area contributed by atoms with Gasteiger partial charge in [0.2, 0.25) is 0 Å². The van der Waals surface area contributed by atoms with E-state index in [1.165, 1.54) is 37.8 Å². The van der Waals surface area contributed by atoms with Gasteiger partial charge in [0.05, 0.1) is 11.7 Å². The summed E-state index contributed by atoms with van der Waals surface area (Å²) in [4.78, 5) is 4.53. The van der Waals surface area contributed by atoms with Crippen molar-refractivity contribution in [2.24, 2.45) is 0 Å². The lowest BCUT2D eigenvalue weighted by molar-refractivity contribution is 0.556. The van der Waals surface area contributed by atoms with Crippen LogP contribution in [0.2, 0.25) is 0 Å². The van der Waals surface area contributed by atoms with Gasteiger partial charge in [0.15, 0.2) is 0 Å². The van der Waals surface area contributed by atoms with Crippen molar-refractivity contribution in [1.82, 2.24) is 10.3 Å². The van der Waals surface area contributed by atoms with Gasteiger partial charge in [-0.05, 0) is 50.8 Å². The molecule has 1 aliphatic rings. The standard InChI is InChI=1S/C16H24N2/c1-2-12-18-16(15-11-7-8-13-17-15)14-9-5-3-4-6-10-14/h7-9,11,13,16,18H,2-6,10,12H2,1H3. The maximum absolute atomic E-state index is 4.53. The molecule has 0 bridgehead atoms. The van der Waals surface area contributed by atoms with E-state index in [-0.39, 0.29) is 0 Å². The fourth-order valence-electron chi connectivity index (χ4n) is 2.56. The fraction of sp³-hybridized carbons (Fsp3) is 0.562. The predicted molar refractivity (Wildman–Crippen MR) is 76.4 cm³/mol. The van der Waals surface area contributed by atoms with Crippen LogP contribution in [-0.2, 0) is 0 Å². The smallest absolute Gasteiger partial charge is 0.0710 e. The van der Waals surface area contributed by atoms with Gasteiger partial charge in [0, 0.05) is 6.20 Å². The lowest BCUT2D eigenvalue weighted by atomic mass is 9.98. The fourth-order valence-corrected chi connectivity index (χ4v) is 2.56. The molecule has 1 aromatic rings. The third kappa shape index (κ3) is 3.67. The van der Waals surface area contributed by atoms with E-state index in [2.05, 4.69) is 35.4 Å². The number of nitrogens with one attached hydrogen (secondary N) is 1. The average Bonchev–Trinajstić information content (AvgIpc) is 2.70. The van der Waals surface area contributed by atoms with E-state index in [0.717, 1.165) is 13.0 Å². The Morgan fingerprint density at radius 1 is 1.28 bits per heavy atom. The van der Waals surface area contributed by atoms with E-state index in [0.29, 0.717) is 6.04 Å². The minimum atomic E-state index is 0.323. The second-order valence-corrected chi connectivity index (χ2v) is 5.02. The van der Waals surface area contributed by atoms with Gasteiger partial charge in [0.1, 0.15) is 0 Å². The Labute approximate surface area is 111 Å². The first-order valence-corrected chi connectivity index (χ1v) is 7.25. The molecule has 0 fully saturated rings. The van der Waals surface area contributed by atoms with Crippen LogP contribution in [0.15, 0.2) is 36.0 Å². The molecule has 2 heteroatoms. The Kier molecular flexibility index (Phi) is 5.40. The number of rotatable bonds is 5. The van der Waals surface area contributed by atoms with E-state index in [9.17, 15) is 0 Å². The van der Waals surface area contributed by atoms with Crippen LogP contribution in [0.4, 0.5) is 0 Å². The third-order valence-corrected chi connectivity index (χ3v) is 3.53. The van der Waals surface area contributed by atoms with Crippen molar-refractivity contribution in [3.8, 4) is 0 Å². The van der Waals surface area contributed by atoms with Crippen LogP contribution < -0.4 is 5.32 Å². The van der Waals surface area contributed by atoms with E-state index in [1.54, 1.807) is 5.57 Å². The molecular formula is C16H24N2. The minimum Gasteiger partial charge on any atom is -0.305 e. The zero-order chi connectivity index (χ0) is 12.6. The molecule has 98 valence electrons. The molecule has 1 heterocycles. The zero-order valence-electron chi connectivity index (χ0n) is 11.4. The van der Waals surface area contributed by atoms with Gasteiger partial charge >= 0.3 is 0 Å². The second-order valence-electron chi connectivity index (χ2n) is 5.02. The van der Waals surface area contributed by atoms with Crippen molar-refractivity contribution in [1.29, 1.82) is 0 Å². The van der Waals surface area contributed by atoms with Crippen LogP contribution in [0.3, 0.4) is 0 Å².